The average Bonchev–Trinajstić information content (AvgIpc) is 2.96. The van der Waals surface area contributed by atoms with Crippen LogP contribution >= 0.6 is 11.8 Å². The van der Waals surface area contributed by atoms with Gasteiger partial charge in [0.25, 0.3) is 0 Å². The van der Waals surface area contributed by atoms with E-state index in [9.17, 15) is 9.59 Å². The molecule has 26 heavy (non-hydrogen) atoms. The number of amides is 1. The van der Waals surface area contributed by atoms with Crippen molar-refractivity contribution in [2.24, 2.45) is 0 Å². The van der Waals surface area contributed by atoms with Crippen LogP contribution in [0.15, 0.2) is 59.5 Å². The molecule has 3 rings (SSSR count). The number of para-hydroxylation sites is 2. The molecular weight excluding hydrogens is 346 g/mol. The van der Waals surface area contributed by atoms with Crippen LogP contribution in [0.5, 0.6) is 0 Å². The molecule has 0 unspecified atom stereocenters. The summed E-state index contributed by atoms with van der Waals surface area (Å²) in [5.41, 5.74) is 4.27. The zero-order valence-corrected chi connectivity index (χ0v) is 15.6. The van der Waals surface area contributed by atoms with Gasteiger partial charge in [0.1, 0.15) is 0 Å². The van der Waals surface area contributed by atoms with Crippen LogP contribution in [0.25, 0.3) is 5.69 Å². The zero-order chi connectivity index (χ0) is 18.5. The number of aromatic amines is 1. The lowest BCUT2D eigenvalue weighted by atomic mass is 10.2. The lowest BCUT2D eigenvalue weighted by molar-refractivity contribution is -0.113. The minimum atomic E-state index is -0.224. The van der Waals surface area contributed by atoms with Crippen molar-refractivity contribution in [1.29, 1.82) is 0 Å². The van der Waals surface area contributed by atoms with Crippen molar-refractivity contribution in [3.63, 3.8) is 0 Å². The Kier molecular flexibility index (Phi) is 5.63. The highest BCUT2D eigenvalue weighted by atomic mass is 32.2. The standard InChI is InChI=1S/C20H21N3O2S/c1-14-7-9-16(10-8-14)12-26-13-19(24)22-17-5-3-4-6-18(17)23-15(2)11-21-20(23)25/h3-11H,12-13H2,1-2H3,(H,21,25)(H,22,24). The molecule has 3 aromatic rings. The highest BCUT2D eigenvalue weighted by Gasteiger charge is 2.12. The molecule has 6 heteroatoms. The lowest BCUT2D eigenvalue weighted by Gasteiger charge is -2.12. The van der Waals surface area contributed by atoms with E-state index in [2.05, 4.69) is 41.5 Å². The SMILES string of the molecule is Cc1ccc(CSCC(=O)Nc2ccccc2-n2c(C)c[nH]c2=O)cc1. The predicted octanol–water partition coefficient (Wildman–Crippen LogP) is 3.65. The summed E-state index contributed by atoms with van der Waals surface area (Å²) in [7, 11) is 0. The molecule has 1 aromatic heterocycles. The number of carbonyl (C=O) groups is 1. The number of thioether (sulfide) groups is 1. The first-order valence-electron chi connectivity index (χ1n) is 8.34. The van der Waals surface area contributed by atoms with Gasteiger partial charge in [0.15, 0.2) is 0 Å². The van der Waals surface area contributed by atoms with E-state index in [1.165, 1.54) is 11.1 Å². The summed E-state index contributed by atoms with van der Waals surface area (Å²) in [5.74, 6) is 1.05. The van der Waals surface area contributed by atoms with Gasteiger partial charge in [-0.2, -0.15) is 0 Å². The summed E-state index contributed by atoms with van der Waals surface area (Å²) in [6, 6.07) is 15.6. The summed E-state index contributed by atoms with van der Waals surface area (Å²) in [4.78, 5) is 27.0. The molecule has 1 heterocycles. The summed E-state index contributed by atoms with van der Waals surface area (Å²) < 4.78 is 1.55. The number of carbonyl (C=O) groups excluding carboxylic acids is 1. The van der Waals surface area contributed by atoms with Gasteiger partial charge in [-0.1, -0.05) is 42.0 Å². The molecule has 0 aliphatic carbocycles. The molecule has 0 atom stereocenters. The maximum atomic E-state index is 12.3. The van der Waals surface area contributed by atoms with Crippen LogP contribution in [0.1, 0.15) is 16.8 Å². The van der Waals surface area contributed by atoms with Gasteiger partial charge in [0.2, 0.25) is 5.91 Å². The van der Waals surface area contributed by atoms with Gasteiger partial charge in [-0.05, 0) is 31.5 Å². The monoisotopic (exact) mass is 367 g/mol. The van der Waals surface area contributed by atoms with Crippen LogP contribution in [0, 0.1) is 13.8 Å². The largest absolute Gasteiger partial charge is 0.330 e. The van der Waals surface area contributed by atoms with Gasteiger partial charge < -0.3 is 10.3 Å². The first kappa shape index (κ1) is 18.1. The van der Waals surface area contributed by atoms with E-state index >= 15 is 0 Å². The molecule has 0 saturated heterocycles. The molecule has 1 amide bonds. The minimum Gasteiger partial charge on any atom is -0.324 e. The third kappa shape index (κ3) is 4.26. The third-order valence-electron chi connectivity index (χ3n) is 4.00. The van der Waals surface area contributed by atoms with Crippen molar-refractivity contribution < 1.29 is 4.79 Å². The molecule has 0 radical (unpaired) electrons. The second-order valence-corrected chi connectivity index (χ2v) is 7.10. The molecule has 0 aliphatic rings. The van der Waals surface area contributed by atoms with Crippen LogP contribution in [0.4, 0.5) is 5.69 Å². The Labute approximate surface area is 156 Å². The normalized spacial score (nSPS) is 10.7. The summed E-state index contributed by atoms with van der Waals surface area (Å²) in [6.07, 6.45) is 1.65. The fraction of sp³-hybridized carbons (Fsp3) is 0.200. The van der Waals surface area contributed by atoms with E-state index in [0.717, 1.165) is 11.4 Å². The number of hydrogen-bond acceptors (Lipinski definition) is 3. The second-order valence-electron chi connectivity index (χ2n) is 6.11. The number of imidazole rings is 1. The number of aromatic nitrogens is 2. The van der Waals surface area contributed by atoms with Gasteiger partial charge >= 0.3 is 5.69 Å². The van der Waals surface area contributed by atoms with E-state index in [4.69, 9.17) is 0 Å². The number of aryl methyl sites for hydroxylation is 2. The molecular formula is C20H21N3O2S. The Balaban J connectivity index is 1.65. The maximum Gasteiger partial charge on any atom is 0.330 e. The number of rotatable bonds is 6. The highest BCUT2D eigenvalue weighted by Crippen LogP contribution is 2.20. The molecule has 2 N–H and O–H groups in total. The van der Waals surface area contributed by atoms with E-state index < -0.39 is 0 Å². The zero-order valence-electron chi connectivity index (χ0n) is 14.8. The maximum absolute atomic E-state index is 12.3. The van der Waals surface area contributed by atoms with Crippen LogP contribution < -0.4 is 11.0 Å². The van der Waals surface area contributed by atoms with Gasteiger partial charge in [-0.3, -0.25) is 9.36 Å². The number of nitrogens with zero attached hydrogens (tertiary/aromatic N) is 1. The van der Waals surface area contributed by atoms with Crippen molar-refractivity contribution in [3.8, 4) is 5.69 Å². The van der Waals surface area contributed by atoms with Crippen molar-refractivity contribution in [2.75, 3.05) is 11.1 Å². The first-order chi connectivity index (χ1) is 12.5. The molecule has 0 bridgehead atoms. The van der Waals surface area contributed by atoms with Crippen molar-refractivity contribution in [2.45, 2.75) is 19.6 Å². The van der Waals surface area contributed by atoms with Gasteiger partial charge in [-0.15, -0.1) is 11.8 Å². The van der Waals surface area contributed by atoms with Crippen molar-refractivity contribution >= 4 is 23.4 Å². The van der Waals surface area contributed by atoms with Gasteiger partial charge in [-0.25, -0.2) is 4.79 Å². The number of nitrogens with one attached hydrogen (secondary N) is 2. The molecule has 5 nitrogen and oxygen atoms in total. The molecule has 134 valence electrons. The Morgan fingerprint density at radius 3 is 2.54 bits per heavy atom. The van der Waals surface area contributed by atoms with E-state index in [1.54, 1.807) is 28.6 Å². The van der Waals surface area contributed by atoms with Crippen molar-refractivity contribution in [1.82, 2.24) is 9.55 Å². The topological polar surface area (TPSA) is 66.9 Å². The Bertz CT molecular complexity index is 958. The molecule has 0 spiro atoms. The van der Waals surface area contributed by atoms with E-state index in [1.807, 2.05) is 25.1 Å². The first-order valence-corrected chi connectivity index (χ1v) is 9.49. The molecule has 0 saturated carbocycles. The average molecular weight is 367 g/mol. The summed E-state index contributed by atoms with van der Waals surface area (Å²) in [6.45, 7) is 3.90. The summed E-state index contributed by atoms with van der Waals surface area (Å²) >= 11 is 1.56. The van der Waals surface area contributed by atoms with Crippen LogP contribution in [0.3, 0.4) is 0 Å². The van der Waals surface area contributed by atoms with E-state index in [0.29, 0.717) is 17.1 Å². The van der Waals surface area contributed by atoms with E-state index in [-0.39, 0.29) is 11.6 Å². The predicted molar refractivity (Wildman–Crippen MR) is 107 cm³/mol. The highest BCUT2D eigenvalue weighted by molar-refractivity contribution is 7.99. The summed E-state index contributed by atoms with van der Waals surface area (Å²) in [5, 5.41) is 2.92. The third-order valence-corrected chi connectivity index (χ3v) is 5.01. The Morgan fingerprint density at radius 1 is 1.12 bits per heavy atom. The smallest absolute Gasteiger partial charge is 0.324 e. The second kappa shape index (κ2) is 8.10. The van der Waals surface area contributed by atoms with Crippen LogP contribution in [-0.4, -0.2) is 21.2 Å². The fourth-order valence-electron chi connectivity index (χ4n) is 2.66. The number of benzene rings is 2. The van der Waals surface area contributed by atoms with Gasteiger partial charge in [0, 0.05) is 17.6 Å². The number of anilines is 1. The van der Waals surface area contributed by atoms with Crippen LogP contribution in [0.2, 0.25) is 0 Å². The fourth-order valence-corrected chi connectivity index (χ4v) is 3.45. The van der Waals surface area contributed by atoms with Gasteiger partial charge in [0.05, 0.1) is 17.1 Å². The molecule has 0 fully saturated rings. The van der Waals surface area contributed by atoms with Crippen LogP contribution in [-0.2, 0) is 10.5 Å². The number of hydrogen-bond donors (Lipinski definition) is 2. The molecule has 2 aromatic carbocycles. The lowest BCUT2D eigenvalue weighted by Crippen LogP contribution is -2.20. The Morgan fingerprint density at radius 2 is 1.85 bits per heavy atom. The van der Waals surface area contributed by atoms with Crippen molar-refractivity contribution in [3.05, 3.63) is 82.0 Å². The Hall–Kier alpha value is -2.73. The number of H-pyrrole nitrogens is 1. The quantitative estimate of drug-likeness (QED) is 0.699. The molecule has 0 aliphatic heterocycles. The minimum absolute atomic E-state index is 0.0872.